The number of morpholine rings is 1. The fourth-order valence-electron chi connectivity index (χ4n) is 2.82. The molecule has 1 aliphatic heterocycles. The number of rotatable bonds is 8. The maximum absolute atomic E-state index is 12.3. The monoisotopic (exact) mass is 389 g/mol. The van der Waals surface area contributed by atoms with Crippen molar-refractivity contribution in [2.75, 3.05) is 44.8 Å². The Morgan fingerprint density at radius 1 is 1.37 bits per heavy atom. The quantitative estimate of drug-likeness (QED) is 0.751. The van der Waals surface area contributed by atoms with Gasteiger partial charge in [0.2, 0.25) is 5.91 Å². The summed E-state index contributed by atoms with van der Waals surface area (Å²) < 4.78 is 11.2. The van der Waals surface area contributed by atoms with Crippen molar-refractivity contribution in [3.63, 3.8) is 0 Å². The first-order chi connectivity index (χ1) is 13.1. The average Bonchev–Trinajstić information content (AvgIpc) is 3.11. The van der Waals surface area contributed by atoms with E-state index in [0.29, 0.717) is 24.1 Å². The second kappa shape index (κ2) is 9.82. The summed E-state index contributed by atoms with van der Waals surface area (Å²) in [5.41, 5.74) is 0.928. The molecule has 0 aliphatic carbocycles. The minimum absolute atomic E-state index is 0.0647. The Kier molecular flexibility index (Phi) is 7.20. The van der Waals surface area contributed by atoms with E-state index in [9.17, 15) is 4.79 Å². The lowest BCUT2D eigenvalue weighted by molar-refractivity contribution is -0.115. The van der Waals surface area contributed by atoms with Crippen LogP contribution in [-0.2, 0) is 16.0 Å². The minimum Gasteiger partial charge on any atom is -0.492 e. The van der Waals surface area contributed by atoms with E-state index in [2.05, 4.69) is 29.0 Å². The lowest BCUT2D eigenvalue weighted by atomic mass is 10.1. The van der Waals surface area contributed by atoms with Crippen LogP contribution in [0.15, 0.2) is 30.5 Å². The SMILES string of the molecule is CC(C)c1cnc(NC(=O)Cc2cccc(OCCN3CCOCC3)c2)s1. The third-order valence-corrected chi connectivity index (χ3v) is 5.60. The van der Waals surface area contributed by atoms with Crippen LogP contribution in [0.1, 0.15) is 30.2 Å². The number of hydrogen-bond donors (Lipinski definition) is 1. The van der Waals surface area contributed by atoms with Crippen LogP contribution >= 0.6 is 11.3 Å². The molecule has 0 atom stereocenters. The van der Waals surface area contributed by atoms with Crippen molar-refractivity contribution in [3.05, 3.63) is 40.9 Å². The Balaban J connectivity index is 1.46. The molecule has 1 aromatic carbocycles. The van der Waals surface area contributed by atoms with Crippen molar-refractivity contribution >= 4 is 22.4 Å². The highest BCUT2D eigenvalue weighted by atomic mass is 32.1. The van der Waals surface area contributed by atoms with Crippen LogP contribution in [0.4, 0.5) is 5.13 Å². The number of amides is 1. The standard InChI is InChI=1S/C20H27N3O3S/c1-15(2)18-14-21-20(27-18)22-19(24)13-16-4-3-5-17(12-16)26-11-8-23-6-9-25-10-7-23/h3-5,12,14-15H,6-11,13H2,1-2H3,(H,21,22,24). The fourth-order valence-corrected chi connectivity index (χ4v) is 3.66. The van der Waals surface area contributed by atoms with Crippen LogP contribution in [0.5, 0.6) is 5.75 Å². The molecule has 1 aliphatic rings. The van der Waals surface area contributed by atoms with Gasteiger partial charge in [-0.1, -0.05) is 26.0 Å². The summed E-state index contributed by atoms with van der Waals surface area (Å²) in [5, 5.41) is 3.53. The number of nitrogens with one attached hydrogen (secondary N) is 1. The normalized spacial score (nSPS) is 15.1. The molecular weight excluding hydrogens is 362 g/mol. The van der Waals surface area contributed by atoms with Crippen molar-refractivity contribution in [2.45, 2.75) is 26.2 Å². The summed E-state index contributed by atoms with van der Waals surface area (Å²) in [6.07, 6.45) is 2.13. The van der Waals surface area contributed by atoms with Crippen LogP contribution in [0.3, 0.4) is 0 Å². The molecule has 3 rings (SSSR count). The van der Waals surface area contributed by atoms with Crippen LogP contribution in [0.25, 0.3) is 0 Å². The number of nitrogens with zero attached hydrogens (tertiary/aromatic N) is 2. The number of thiazole rings is 1. The first-order valence-electron chi connectivity index (χ1n) is 9.37. The van der Waals surface area contributed by atoms with Crippen molar-refractivity contribution in [1.29, 1.82) is 0 Å². The molecule has 27 heavy (non-hydrogen) atoms. The molecular formula is C20H27N3O3S. The average molecular weight is 390 g/mol. The van der Waals surface area contributed by atoms with Gasteiger partial charge in [0.1, 0.15) is 12.4 Å². The van der Waals surface area contributed by atoms with Gasteiger partial charge in [0.05, 0.1) is 19.6 Å². The summed E-state index contributed by atoms with van der Waals surface area (Å²) in [5.74, 6) is 1.15. The van der Waals surface area contributed by atoms with Crippen LogP contribution in [0.2, 0.25) is 0 Å². The van der Waals surface area contributed by atoms with E-state index in [1.54, 1.807) is 0 Å². The largest absolute Gasteiger partial charge is 0.492 e. The minimum atomic E-state index is -0.0647. The zero-order valence-corrected chi connectivity index (χ0v) is 16.8. The molecule has 1 saturated heterocycles. The van der Waals surface area contributed by atoms with E-state index >= 15 is 0 Å². The molecule has 0 radical (unpaired) electrons. The third kappa shape index (κ3) is 6.30. The van der Waals surface area contributed by atoms with Gasteiger partial charge >= 0.3 is 0 Å². The van der Waals surface area contributed by atoms with Gasteiger partial charge in [-0.25, -0.2) is 4.98 Å². The maximum Gasteiger partial charge on any atom is 0.230 e. The van der Waals surface area contributed by atoms with E-state index in [4.69, 9.17) is 9.47 Å². The summed E-state index contributed by atoms with van der Waals surface area (Å²) in [4.78, 5) is 20.1. The van der Waals surface area contributed by atoms with Gasteiger partial charge in [0, 0.05) is 30.7 Å². The summed E-state index contributed by atoms with van der Waals surface area (Å²) in [6.45, 7) is 9.25. The molecule has 0 saturated carbocycles. The second-order valence-electron chi connectivity index (χ2n) is 6.90. The number of benzene rings is 1. The lowest BCUT2D eigenvalue weighted by Crippen LogP contribution is -2.38. The summed E-state index contributed by atoms with van der Waals surface area (Å²) >= 11 is 1.53. The van der Waals surface area contributed by atoms with Crippen molar-refractivity contribution < 1.29 is 14.3 Å². The zero-order chi connectivity index (χ0) is 19.1. The van der Waals surface area contributed by atoms with E-state index < -0.39 is 0 Å². The molecule has 0 unspecified atom stereocenters. The molecule has 2 heterocycles. The summed E-state index contributed by atoms with van der Waals surface area (Å²) in [6, 6.07) is 7.72. The first kappa shape index (κ1) is 19.8. The fraction of sp³-hybridized carbons (Fsp3) is 0.500. The van der Waals surface area contributed by atoms with Gasteiger partial charge < -0.3 is 14.8 Å². The molecule has 1 aromatic heterocycles. The van der Waals surface area contributed by atoms with E-state index in [1.165, 1.54) is 16.2 Å². The van der Waals surface area contributed by atoms with E-state index in [-0.39, 0.29) is 5.91 Å². The van der Waals surface area contributed by atoms with E-state index in [1.807, 2.05) is 30.5 Å². The van der Waals surface area contributed by atoms with Crippen molar-refractivity contribution in [1.82, 2.24) is 9.88 Å². The van der Waals surface area contributed by atoms with Gasteiger partial charge in [0.15, 0.2) is 5.13 Å². The summed E-state index contributed by atoms with van der Waals surface area (Å²) in [7, 11) is 0. The molecule has 0 bridgehead atoms. The number of aromatic nitrogens is 1. The van der Waals surface area contributed by atoms with Gasteiger partial charge in [-0.3, -0.25) is 9.69 Å². The Morgan fingerprint density at radius 2 is 2.19 bits per heavy atom. The van der Waals surface area contributed by atoms with Crippen molar-refractivity contribution in [3.8, 4) is 5.75 Å². The Morgan fingerprint density at radius 3 is 2.93 bits per heavy atom. The van der Waals surface area contributed by atoms with E-state index in [0.717, 1.165) is 44.2 Å². The molecule has 0 spiro atoms. The molecule has 1 amide bonds. The topological polar surface area (TPSA) is 63.7 Å². The van der Waals surface area contributed by atoms with Crippen LogP contribution in [0, 0.1) is 0 Å². The number of ether oxygens (including phenoxy) is 2. The number of carbonyl (C=O) groups excluding carboxylic acids is 1. The molecule has 6 nitrogen and oxygen atoms in total. The second-order valence-corrected chi connectivity index (χ2v) is 7.96. The van der Waals surface area contributed by atoms with Crippen molar-refractivity contribution in [2.24, 2.45) is 0 Å². The number of carbonyl (C=O) groups is 1. The van der Waals surface area contributed by atoms with Crippen LogP contribution in [-0.4, -0.2) is 55.2 Å². The predicted octanol–water partition coefficient (Wildman–Crippen LogP) is 3.16. The maximum atomic E-state index is 12.3. The highest BCUT2D eigenvalue weighted by Crippen LogP contribution is 2.25. The van der Waals surface area contributed by atoms with Gasteiger partial charge in [-0.15, -0.1) is 11.3 Å². The molecule has 1 fully saturated rings. The lowest BCUT2D eigenvalue weighted by Gasteiger charge is -2.26. The number of anilines is 1. The first-order valence-corrected chi connectivity index (χ1v) is 10.2. The smallest absolute Gasteiger partial charge is 0.230 e. The Hall–Kier alpha value is -1.96. The van der Waals surface area contributed by atoms with Crippen LogP contribution < -0.4 is 10.1 Å². The Bertz CT molecular complexity index is 742. The van der Waals surface area contributed by atoms with Gasteiger partial charge in [-0.2, -0.15) is 0 Å². The molecule has 146 valence electrons. The zero-order valence-electron chi connectivity index (χ0n) is 15.9. The van der Waals surface area contributed by atoms with Gasteiger partial charge in [-0.05, 0) is 23.6 Å². The molecule has 1 N–H and O–H groups in total. The third-order valence-electron chi connectivity index (χ3n) is 4.38. The predicted molar refractivity (Wildman–Crippen MR) is 108 cm³/mol. The molecule has 2 aromatic rings. The highest BCUT2D eigenvalue weighted by Gasteiger charge is 2.11. The van der Waals surface area contributed by atoms with Gasteiger partial charge in [0.25, 0.3) is 0 Å². The highest BCUT2D eigenvalue weighted by molar-refractivity contribution is 7.15. The number of hydrogen-bond acceptors (Lipinski definition) is 6. The Labute approximate surface area is 164 Å². The molecule has 7 heteroatoms.